The Labute approximate surface area is 394 Å². The summed E-state index contributed by atoms with van der Waals surface area (Å²) >= 11 is 0. The lowest BCUT2D eigenvalue weighted by molar-refractivity contribution is -0.137. The van der Waals surface area contributed by atoms with Gasteiger partial charge in [0.2, 0.25) is 11.8 Å². The highest BCUT2D eigenvalue weighted by molar-refractivity contribution is 6.04. The van der Waals surface area contributed by atoms with Crippen molar-refractivity contribution in [3.8, 4) is 22.3 Å². The largest absolute Gasteiger partial charge is 0.453 e. The number of methoxy groups -OCH3 is 2. The topological polar surface area (TPSA) is 158 Å². The predicted octanol–water partition coefficient (Wildman–Crippen LogP) is 10.3. The van der Waals surface area contributed by atoms with E-state index in [1.54, 1.807) is 0 Å². The number of aliphatic imine (C=N–C) groups is 1. The number of rotatable bonds is 13. The molecule has 1 aromatic heterocycles. The van der Waals surface area contributed by atoms with Crippen molar-refractivity contribution in [2.75, 3.05) is 20.8 Å². The van der Waals surface area contributed by atoms with Gasteiger partial charge in [0, 0.05) is 30.9 Å². The molecule has 354 valence electrons. The third kappa shape index (κ3) is 8.63. The fourth-order valence-electron chi connectivity index (χ4n) is 11.9. The highest BCUT2D eigenvalue weighted by Crippen LogP contribution is 2.58. The molecule has 9 rings (SSSR count). The number of likely N-dealkylation sites (tertiary alicyclic amines) is 2. The molecule has 67 heavy (non-hydrogen) atoms. The molecule has 4 heterocycles. The number of aromatic amines is 1. The lowest BCUT2D eigenvalue weighted by Gasteiger charge is -2.32. The van der Waals surface area contributed by atoms with Gasteiger partial charge in [-0.05, 0) is 132 Å². The van der Waals surface area contributed by atoms with Gasteiger partial charge < -0.3 is 34.9 Å². The second kappa shape index (κ2) is 19.0. The molecule has 4 aromatic rings. The Balaban J connectivity index is 0.934. The lowest BCUT2D eigenvalue weighted by atomic mass is 9.81. The maximum atomic E-state index is 14.1. The number of H-pyrrole nitrogens is 1. The van der Waals surface area contributed by atoms with Crippen LogP contribution in [0.4, 0.5) is 9.59 Å². The van der Waals surface area contributed by atoms with Crippen molar-refractivity contribution in [2.45, 2.75) is 141 Å². The molecule has 3 aliphatic heterocycles. The highest BCUT2D eigenvalue weighted by atomic mass is 16.5. The molecule has 2 aliphatic carbocycles. The van der Waals surface area contributed by atoms with Gasteiger partial charge in [-0.15, -0.1) is 0 Å². The van der Waals surface area contributed by atoms with E-state index in [4.69, 9.17) is 19.5 Å². The minimum atomic E-state index is -0.701. The SMILES string of the molecule is CC[C@H]1CC(C2=NC=C(c3ccc(-c4ccc(-c5ccc6nc([C@@H]7CC[C@H](C)N7C(=O)[C@@H](NC(=O)OC)C(C)C)[nH]c6c5)c5c4C4CCC5C4)cc3)C2)N(C(=O)[C@@H](NC(=O)OC)[C@@H](C)CC)C1. The number of carbonyl (C=O) groups is 4. The van der Waals surface area contributed by atoms with E-state index in [0.717, 1.165) is 71.4 Å². The number of nitrogens with zero attached hydrogens (tertiary/aromatic N) is 4. The monoisotopic (exact) mass is 910 g/mol. The van der Waals surface area contributed by atoms with Crippen molar-refractivity contribution >= 4 is 46.3 Å². The Bertz CT molecular complexity index is 2620. The number of carbonyl (C=O) groups excluding carboxylic acids is 4. The molecule has 2 bridgehead atoms. The Kier molecular flexibility index (Phi) is 13.1. The van der Waals surface area contributed by atoms with Crippen LogP contribution >= 0.6 is 0 Å². The summed E-state index contributed by atoms with van der Waals surface area (Å²) in [6.07, 6.45) is 9.28. The Hall–Kier alpha value is -5.98. The summed E-state index contributed by atoms with van der Waals surface area (Å²) in [4.78, 5) is 70.1. The molecule has 0 radical (unpaired) electrons. The summed E-state index contributed by atoms with van der Waals surface area (Å²) in [5.74, 6) is 1.87. The molecular weight excluding hydrogens is 843 g/mol. The third-order valence-electron chi connectivity index (χ3n) is 15.9. The number of allylic oxidation sites excluding steroid dienone is 1. The lowest BCUT2D eigenvalue weighted by Crippen LogP contribution is -2.54. The van der Waals surface area contributed by atoms with E-state index < -0.39 is 24.3 Å². The molecule has 5 aliphatic rings. The molecular formula is C54H67N7O6. The predicted molar refractivity (Wildman–Crippen MR) is 261 cm³/mol. The summed E-state index contributed by atoms with van der Waals surface area (Å²) in [7, 11) is 2.64. The van der Waals surface area contributed by atoms with E-state index in [1.165, 1.54) is 61.3 Å². The number of amides is 4. The second-order valence-corrected chi connectivity index (χ2v) is 20.1. The molecule has 3 fully saturated rings. The Morgan fingerprint density at radius 1 is 0.776 bits per heavy atom. The van der Waals surface area contributed by atoms with Crippen LogP contribution in [-0.4, -0.2) is 94.4 Å². The van der Waals surface area contributed by atoms with Gasteiger partial charge in [0.1, 0.15) is 17.9 Å². The number of alkyl carbamates (subject to hydrolysis) is 2. The first kappa shape index (κ1) is 46.1. The number of benzene rings is 3. The molecule has 0 spiro atoms. The van der Waals surface area contributed by atoms with Gasteiger partial charge in [-0.1, -0.05) is 89.9 Å². The quantitative estimate of drug-likeness (QED) is 0.120. The Morgan fingerprint density at radius 2 is 1.42 bits per heavy atom. The molecule has 13 heteroatoms. The van der Waals surface area contributed by atoms with Crippen LogP contribution in [0, 0.1) is 17.8 Å². The molecule has 2 saturated heterocycles. The first-order valence-electron chi connectivity index (χ1n) is 24.7. The molecule has 4 amide bonds. The standard InChI is InChI=1S/C54H67N7O6/c1-9-30(5)49(59-54(65)67-8)51(62)60-28-32(10-2)23-45(60)43-26-38(27-55-43)33-12-14-34(15-13-33)39-19-20-40(47-37-17-16-36(24-37)46(39)47)35-18-21-41-42(25-35)57-50(56-41)44-22-11-31(6)61(44)52(63)48(29(3)4)58-53(64)66-7/h12-15,18-21,25,27,29-32,36-37,44-45,48-49H,9-11,16-17,22-24,26,28H2,1-8H3,(H,56,57)(H,58,64)(H,59,65)/t30-,31-,32-,36?,37?,44-,45?,48-,49-/m0/s1. The number of fused-ring (bicyclic) bond motifs is 6. The van der Waals surface area contributed by atoms with Crippen molar-refractivity contribution in [1.29, 1.82) is 0 Å². The van der Waals surface area contributed by atoms with Crippen LogP contribution in [0.2, 0.25) is 0 Å². The van der Waals surface area contributed by atoms with Gasteiger partial charge in [-0.2, -0.15) is 0 Å². The summed E-state index contributed by atoms with van der Waals surface area (Å²) in [6, 6.07) is 18.4. The molecule has 1 saturated carbocycles. The minimum Gasteiger partial charge on any atom is -0.453 e. The van der Waals surface area contributed by atoms with Gasteiger partial charge in [-0.3, -0.25) is 14.6 Å². The molecule has 9 atom stereocenters. The van der Waals surface area contributed by atoms with Crippen molar-refractivity contribution < 1.29 is 28.7 Å². The normalized spacial score (nSPS) is 24.4. The zero-order valence-corrected chi connectivity index (χ0v) is 40.4. The Morgan fingerprint density at radius 3 is 2.06 bits per heavy atom. The third-order valence-corrected chi connectivity index (χ3v) is 15.9. The van der Waals surface area contributed by atoms with E-state index in [1.807, 2.05) is 43.7 Å². The average Bonchev–Trinajstić information content (AvgIpc) is 4.22. The summed E-state index contributed by atoms with van der Waals surface area (Å²) in [6.45, 7) is 12.8. The van der Waals surface area contributed by atoms with Crippen LogP contribution < -0.4 is 10.6 Å². The zero-order valence-electron chi connectivity index (χ0n) is 40.4. The minimum absolute atomic E-state index is 0.00409. The number of hydrogen-bond acceptors (Lipinski definition) is 8. The van der Waals surface area contributed by atoms with Gasteiger partial charge >= 0.3 is 12.2 Å². The van der Waals surface area contributed by atoms with Crippen molar-refractivity contribution in [3.05, 3.63) is 83.3 Å². The van der Waals surface area contributed by atoms with Crippen LogP contribution in [-0.2, 0) is 19.1 Å². The second-order valence-electron chi connectivity index (χ2n) is 20.1. The smallest absolute Gasteiger partial charge is 0.407 e. The fourth-order valence-corrected chi connectivity index (χ4v) is 11.9. The molecule has 3 N–H and O–H groups in total. The maximum absolute atomic E-state index is 14.1. The van der Waals surface area contributed by atoms with E-state index in [2.05, 4.69) is 84.1 Å². The zero-order chi connectivity index (χ0) is 47.3. The van der Waals surface area contributed by atoms with Crippen LogP contribution in [0.5, 0.6) is 0 Å². The van der Waals surface area contributed by atoms with Crippen LogP contribution in [0.3, 0.4) is 0 Å². The van der Waals surface area contributed by atoms with Crippen LogP contribution in [0.1, 0.15) is 140 Å². The highest BCUT2D eigenvalue weighted by Gasteiger charge is 2.44. The molecule has 3 aromatic carbocycles. The molecule has 13 nitrogen and oxygen atoms in total. The van der Waals surface area contributed by atoms with E-state index >= 15 is 0 Å². The molecule has 3 unspecified atom stereocenters. The van der Waals surface area contributed by atoms with Crippen molar-refractivity contribution in [3.63, 3.8) is 0 Å². The van der Waals surface area contributed by atoms with Gasteiger partial charge in [-0.25, -0.2) is 14.6 Å². The van der Waals surface area contributed by atoms with Crippen molar-refractivity contribution in [2.24, 2.45) is 22.7 Å². The van der Waals surface area contributed by atoms with E-state index in [0.29, 0.717) is 30.7 Å². The van der Waals surface area contributed by atoms with Gasteiger partial charge in [0.15, 0.2) is 0 Å². The fraction of sp³-hybridized carbons (Fsp3) is 0.519. The van der Waals surface area contributed by atoms with Crippen molar-refractivity contribution in [1.82, 2.24) is 30.4 Å². The summed E-state index contributed by atoms with van der Waals surface area (Å²) in [5, 5.41) is 5.59. The number of aromatic nitrogens is 2. The van der Waals surface area contributed by atoms with Crippen LogP contribution in [0.15, 0.2) is 65.8 Å². The first-order valence-corrected chi connectivity index (χ1v) is 24.7. The number of hydrogen-bond donors (Lipinski definition) is 3. The van der Waals surface area contributed by atoms with Gasteiger partial charge in [0.05, 0.1) is 37.3 Å². The average molecular weight is 910 g/mol. The number of imidazole rings is 1. The number of ether oxygens (including phenoxy) is 2. The summed E-state index contributed by atoms with van der Waals surface area (Å²) < 4.78 is 9.75. The van der Waals surface area contributed by atoms with Gasteiger partial charge in [0.25, 0.3) is 0 Å². The summed E-state index contributed by atoms with van der Waals surface area (Å²) in [5.41, 5.74) is 13.0. The van der Waals surface area contributed by atoms with Crippen LogP contribution in [0.25, 0.3) is 38.9 Å². The van der Waals surface area contributed by atoms with E-state index in [-0.39, 0.29) is 41.8 Å². The maximum Gasteiger partial charge on any atom is 0.407 e. The number of nitrogens with one attached hydrogen (secondary N) is 3. The van der Waals surface area contributed by atoms with E-state index in [9.17, 15) is 19.2 Å². The first-order chi connectivity index (χ1) is 32.3.